The lowest BCUT2D eigenvalue weighted by Crippen LogP contribution is -2.25. The molecule has 0 radical (unpaired) electrons. The number of likely N-dealkylation sites (tertiary alicyclic amines) is 1. The zero-order valence-corrected chi connectivity index (χ0v) is 8.83. The van der Waals surface area contributed by atoms with Gasteiger partial charge in [0.25, 0.3) is 0 Å². The normalized spacial score (nSPS) is 38.2. The monoisotopic (exact) mass is 197 g/mol. The molecule has 1 spiro atoms. The van der Waals surface area contributed by atoms with Gasteiger partial charge in [-0.25, -0.2) is 0 Å². The van der Waals surface area contributed by atoms with E-state index in [2.05, 4.69) is 11.8 Å². The fourth-order valence-corrected chi connectivity index (χ4v) is 3.09. The second-order valence-electron chi connectivity index (χ2n) is 4.90. The molecular weight excluding hydrogens is 178 g/mol. The van der Waals surface area contributed by atoms with E-state index in [0.29, 0.717) is 5.41 Å². The van der Waals surface area contributed by atoms with E-state index in [1.54, 1.807) is 0 Å². The minimum atomic E-state index is -0.586. The molecule has 2 aliphatic rings. The number of nitrogens with zero attached hydrogens (tertiary/aromatic N) is 1. The third kappa shape index (κ3) is 1.65. The molecule has 0 aromatic carbocycles. The highest BCUT2D eigenvalue weighted by atomic mass is 16.4. The Morgan fingerprint density at radius 3 is 2.86 bits per heavy atom. The Morgan fingerprint density at radius 1 is 1.57 bits per heavy atom. The summed E-state index contributed by atoms with van der Waals surface area (Å²) in [5, 5.41) is 8.97. The van der Waals surface area contributed by atoms with Crippen LogP contribution >= 0.6 is 0 Å². The molecule has 1 N–H and O–H groups in total. The number of carboxylic acid groups (broad SMARTS) is 1. The van der Waals surface area contributed by atoms with Crippen LogP contribution in [0.15, 0.2) is 0 Å². The van der Waals surface area contributed by atoms with Gasteiger partial charge in [-0.3, -0.25) is 4.79 Å². The van der Waals surface area contributed by atoms with Crippen LogP contribution in [-0.2, 0) is 4.79 Å². The summed E-state index contributed by atoms with van der Waals surface area (Å²) >= 11 is 0. The van der Waals surface area contributed by atoms with Gasteiger partial charge >= 0.3 is 5.97 Å². The Balaban J connectivity index is 1.97. The van der Waals surface area contributed by atoms with Crippen molar-refractivity contribution in [2.75, 3.05) is 19.6 Å². The molecule has 1 saturated carbocycles. The molecule has 80 valence electrons. The van der Waals surface area contributed by atoms with E-state index in [4.69, 9.17) is 5.11 Å². The first-order chi connectivity index (χ1) is 6.65. The Labute approximate surface area is 85.1 Å². The summed E-state index contributed by atoms with van der Waals surface area (Å²) in [5.74, 6) is -0.649. The van der Waals surface area contributed by atoms with E-state index in [0.717, 1.165) is 32.4 Å². The molecule has 14 heavy (non-hydrogen) atoms. The van der Waals surface area contributed by atoms with Crippen molar-refractivity contribution >= 4 is 5.97 Å². The zero-order chi connectivity index (χ0) is 10.2. The van der Waals surface area contributed by atoms with Gasteiger partial charge in [0.05, 0.1) is 5.92 Å². The fraction of sp³-hybridized carbons (Fsp3) is 0.909. The Hall–Kier alpha value is -0.570. The van der Waals surface area contributed by atoms with Crippen LogP contribution in [0, 0.1) is 11.3 Å². The molecule has 2 rings (SSSR count). The molecule has 1 aliphatic heterocycles. The fourth-order valence-electron chi connectivity index (χ4n) is 3.09. The Kier molecular flexibility index (Phi) is 2.52. The van der Waals surface area contributed by atoms with Gasteiger partial charge in [-0.05, 0) is 44.2 Å². The van der Waals surface area contributed by atoms with Crippen molar-refractivity contribution < 1.29 is 9.90 Å². The number of hydrogen-bond acceptors (Lipinski definition) is 2. The first-order valence-corrected chi connectivity index (χ1v) is 5.60. The van der Waals surface area contributed by atoms with E-state index < -0.39 is 5.97 Å². The van der Waals surface area contributed by atoms with Gasteiger partial charge in [-0.1, -0.05) is 6.92 Å². The van der Waals surface area contributed by atoms with Gasteiger partial charge in [0.15, 0.2) is 0 Å². The van der Waals surface area contributed by atoms with Crippen molar-refractivity contribution in [3.05, 3.63) is 0 Å². The Morgan fingerprint density at radius 2 is 2.36 bits per heavy atom. The van der Waals surface area contributed by atoms with Crippen molar-refractivity contribution in [3.8, 4) is 0 Å². The maximum absolute atomic E-state index is 10.9. The van der Waals surface area contributed by atoms with Crippen LogP contribution in [0.3, 0.4) is 0 Å². The quantitative estimate of drug-likeness (QED) is 0.730. The first kappa shape index (κ1) is 9.97. The zero-order valence-electron chi connectivity index (χ0n) is 8.83. The second-order valence-corrected chi connectivity index (χ2v) is 4.90. The van der Waals surface area contributed by atoms with E-state index >= 15 is 0 Å². The van der Waals surface area contributed by atoms with E-state index in [-0.39, 0.29) is 5.92 Å². The second kappa shape index (κ2) is 3.54. The summed E-state index contributed by atoms with van der Waals surface area (Å²) in [4.78, 5) is 13.3. The summed E-state index contributed by atoms with van der Waals surface area (Å²) in [7, 11) is 0. The minimum Gasteiger partial charge on any atom is -0.481 e. The number of hydrogen-bond donors (Lipinski definition) is 1. The average molecular weight is 197 g/mol. The summed E-state index contributed by atoms with van der Waals surface area (Å²) in [6.07, 6.45) is 4.15. The van der Waals surface area contributed by atoms with Crippen molar-refractivity contribution in [2.45, 2.75) is 32.6 Å². The lowest BCUT2D eigenvalue weighted by molar-refractivity contribution is -0.141. The number of rotatable bonds is 2. The topological polar surface area (TPSA) is 40.5 Å². The van der Waals surface area contributed by atoms with Crippen LogP contribution in [-0.4, -0.2) is 35.6 Å². The van der Waals surface area contributed by atoms with E-state index in [1.165, 1.54) is 13.0 Å². The largest absolute Gasteiger partial charge is 0.481 e. The molecule has 0 unspecified atom stereocenters. The summed E-state index contributed by atoms with van der Waals surface area (Å²) in [6, 6.07) is 0. The highest BCUT2D eigenvalue weighted by Crippen LogP contribution is 2.47. The van der Waals surface area contributed by atoms with Crippen molar-refractivity contribution in [1.82, 2.24) is 4.90 Å². The SMILES string of the molecule is CCN1CC[C@]2(CC[C@@H](C(=O)O)C2)C1. The average Bonchev–Trinajstić information content (AvgIpc) is 2.74. The molecule has 2 atom stereocenters. The predicted octanol–water partition coefficient (Wildman–Crippen LogP) is 1.58. The lowest BCUT2D eigenvalue weighted by atomic mass is 9.84. The van der Waals surface area contributed by atoms with Gasteiger partial charge < -0.3 is 10.0 Å². The molecular formula is C11H19NO2. The van der Waals surface area contributed by atoms with Gasteiger partial charge in [0, 0.05) is 6.54 Å². The Bertz CT molecular complexity index is 241. The highest BCUT2D eigenvalue weighted by Gasteiger charge is 2.45. The smallest absolute Gasteiger partial charge is 0.306 e. The number of aliphatic carboxylic acids is 1. The van der Waals surface area contributed by atoms with Crippen molar-refractivity contribution in [3.63, 3.8) is 0 Å². The van der Waals surface area contributed by atoms with Crippen LogP contribution in [0.2, 0.25) is 0 Å². The molecule has 0 aromatic rings. The van der Waals surface area contributed by atoms with Gasteiger partial charge in [-0.2, -0.15) is 0 Å². The molecule has 1 heterocycles. The summed E-state index contributed by atoms with van der Waals surface area (Å²) in [6.45, 7) is 5.60. The molecule has 3 heteroatoms. The van der Waals surface area contributed by atoms with Crippen molar-refractivity contribution in [1.29, 1.82) is 0 Å². The van der Waals surface area contributed by atoms with Crippen LogP contribution in [0.1, 0.15) is 32.6 Å². The van der Waals surface area contributed by atoms with E-state index in [1.807, 2.05) is 0 Å². The van der Waals surface area contributed by atoms with Gasteiger partial charge in [-0.15, -0.1) is 0 Å². The maximum atomic E-state index is 10.9. The summed E-state index contributed by atoms with van der Waals surface area (Å²) in [5.41, 5.74) is 0.360. The molecule has 0 bridgehead atoms. The molecule has 0 amide bonds. The third-order valence-electron chi connectivity index (χ3n) is 4.02. The van der Waals surface area contributed by atoms with Crippen LogP contribution < -0.4 is 0 Å². The molecule has 2 fully saturated rings. The molecule has 0 aromatic heterocycles. The maximum Gasteiger partial charge on any atom is 0.306 e. The number of carbonyl (C=O) groups is 1. The lowest BCUT2D eigenvalue weighted by Gasteiger charge is -2.23. The first-order valence-electron chi connectivity index (χ1n) is 5.60. The number of carboxylic acids is 1. The molecule has 1 saturated heterocycles. The molecule has 1 aliphatic carbocycles. The van der Waals surface area contributed by atoms with Gasteiger partial charge in [0.2, 0.25) is 0 Å². The standard InChI is InChI=1S/C11H19NO2/c1-2-12-6-5-11(8-12)4-3-9(7-11)10(13)14/h9H,2-8H2,1H3,(H,13,14)/t9-,11+/m1/s1. The highest BCUT2D eigenvalue weighted by molar-refractivity contribution is 5.70. The minimum absolute atomic E-state index is 0.0631. The van der Waals surface area contributed by atoms with E-state index in [9.17, 15) is 4.79 Å². The van der Waals surface area contributed by atoms with Crippen molar-refractivity contribution in [2.24, 2.45) is 11.3 Å². The predicted molar refractivity (Wildman–Crippen MR) is 54.1 cm³/mol. The van der Waals surface area contributed by atoms with Crippen LogP contribution in [0.5, 0.6) is 0 Å². The third-order valence-corrected chi connectivity index (χ3v) is 4.02. The van der Waals surface area contributed by atoms with Gasteiger partial charge in [0.1, 0.15) is 0 Å². The van der Waals surface area contributed by atoms with Crippen LogP contribution in [0.4, 0.5) is 0 Å². The molecule has 3 nitrogen and oxygen atoms in total. The van der Waals surface area contributed by atoms with Crippen LogP contribution in [0.25, 0.3) is 0 Å². The summed E-state index contributed by atoms with van der Waals surface area (Å²) < 4.78 is 0.